The highest BCUT2D eigenvalue weighted by atomic mass is 19.4. The molecule has 1 aliphatic rings. The summed E-state index contributed by atoms with van der Waals surface area (Å²) in [4.78, 5) is 16.3. The SMILES string of the molecule is C[C@@H]1CC(n2c(Nc3ccc(OC(F)(F)F)cc3)nc3ccc(C(=O)O)cc32)CC(C)(C)C1. The van der Waals surface area contributed by atoms with E-state index in [4.69, 9.17) is 0 Å². The van der Waals surface area contributed by atoms with Crippen molar-refractivity contribution in [2.45, 2.75) is 52.4 Å². The summed E-state index contributed by atoms with van der Waals surface area (Å²) in [5.74, 6) is -0.329. The number of carbonyl (C=O) groups is 1. The third-order valence-electron chi connectivity index (χ3n) is 6.01. The van der Waals surface area contributed by atoms with Crippen molar-refractivity contribution in [2.24, 2.45) is 11.3 Å². The largest absolute Gasteiger partial charge is 0.573 e. The fraction of sp³-hybridized carbons (Fsp3) is 0.417. The van der Waals surface area contributed by atoms with E-state index in [1.807, 2.05) is 4.57 Å². The van der Waals surface area contributed by atoms with Crippen molar-refractivity contribution in [1.82, 2.24) is 9.55 Å². The molecular formula is C24H26F3N3O3. The summed E-state index contributed by atoms with van der Waals surface area (Å²) in [5, 5.41) is 12.7. The van der Waals surface area contributed by atoms with Gasteiger partial charge < -0.3 is 19.7 Å². The molecule has 1 saturated carbocycles. The average Bonchev–Trinajstić information content (AvgIpc) is 3.03. The second kappa shape index (κ2) is 8.28. The molecule has 1 fully saturated rings. The van der Waals surface area contributed by atoms with Crippen molar-refractivity contribution in [3.05, 3.63) is 48.0 Å². The van der Waals surface area contributed by atoms with Crippen LogP contribution in [0, 0.1) is 11.3 Å². The molecule has 1 aliphatic carbocycles. The lowest BCUT2D eigenvalue weighted by Gasteiger charge is -2.40. The molecule has 33 heavy (non-hydrogen) atoms. The first kappa shape index (κ1) is 22.9. The van der Waals surface area contributed by atoms with Crippen molar-refractivity contribution < 1.29 is 27.8 Å². The van der Waals surface area contributed by atoms with E-state index in [-0.39, 0.29) is 22.8 Å². The molecule has 0 amide bonds. The van der Waals surface area contributed by atoms with Crippen molar-refractivity contribution in [1.29, 1.82) is 0 Å². The standard InChI is InChI=1S/C24H26F3N3O3/c1-14-10-17(13-23(2,3)12-14)30-20-11-15(21(31)32)4-9-19(20)29-22(30)28-16-5-7-18(8-6-16)33-24(25,26)27/h4-9,11,14,17H,10,12-13H2,1-3H3,(H,28,29)(H,31,32)/t14-,17?/m1/s1. The topological polar surface area (TPSA) is 76.4 Å². The van der Waals surface area contributed by atoms with Gasteiger partial charge in [-0.2, -0.15) is 0 Å². The third-order valence-corrected chi connectivity index (χ3v) is 6.01. The van der Waals surface area contributed by atoms with Crippen LogP contribution in [-0.4, -0.2) is 27.0 Å². The van der Waals surface area contributed by atoms with Gasteiger partial charge in [0.15, 0.2) is 0 Å². The summed E-state index contributed by atoms with van der Waals surface area (Å²) < 4.78 is 43.4. The van der Waals surface area contributed by atoms with Gasteiger partial charge in [0.2, 0.25) is 5.95 Å². The number of hydrogen-bond donors (Lipinski definition) is 2. The number of aromatic carboxylic acids is 1. The highest BCUT2D eigenvalue weighted by Gasteiger charge is 2.35. The van der Waals surface area contributed by atoms with E-state index in [2.05, 4.69) is 35.8 Å². The number of rotatable bonds is 5. The predicted molar refractivity (Wildman–Crippen MR) is 119 cm³/mol. The molecule has 2 N–H and O–H groups in total. The Labute approximate surface area is 189 Å². The summed E-state index contributed by atoms with van der Waals surface area (Å²) in [7, 11) is 0. The zero-order valence-electron chi connectivity index (χ0n) is 18.6. The number of halogens is 3. The minimum absolute atomic E-state index is 0.0909. The fourth-order valence-corrected chi connectivity index (χ4v) is 5.05. The van der Waals surface area contributed by atoms with E-state index in [1.54, 1.807) is 12.1 Å². The Hall–Kier alpha value is -3.23. The maximum Gasteiger partial charge on any atom is 0.573 e. The molecule has 176 valence electrons. The maximum atomic E-state index is 12.5. The zero-order valence-corrected chi connectivity index (χ0v) is 18.6. The maximum absolute atomic E-state index is 12.5. The summed E-state index contributed by atoms with van der Waals surface area (Å²) in [6.45, 7) is 6.66. The molecule has 2 aromatic carbocycles. The van der Waals surface area contributed by atoms with Crippen LogP contribution in [0.4, 0.5) is 24.8 Å². The van der Waals surface area contributed by atoms with E-state index < -0.39 is 12.3 Å². The molecule has 9 heteroatoms. The second-order valence-electron chi connectivity index (χ2n) is 9.58. The predicted octanol–water partition coefficient (Wildman–Crippen LogP) is 6.76. The number of alkyl halides is 3. The van der Waals surface area contributed by atoms with E-state index in [0.717, 1.165) is 19.3 Å². The molecule has 2 atom stereocenters. The van der Waals surface area contributed by atoms with Gasteiger partial charge in [-0.05, 0) is 73.1 Å². The first-order valence-corrected chi connectivity index (χ1v) is 10.8. The number of benzene rings is 2. The minimum Gasteiger partial charge on any atom is -0.478 e. The third kappa shape index (κ3) is 5.23. The normalized spacial score (nSPS) is 20.5. The molecule has 3 aromatic rings. The molecule has 6 nitrogen and oxygen atoms in total. The molecule has 1 heterocycles. The van der Waals surface area contributed by atoms with E-state index in [0.29, 0.717) is 28.6 Å². The first-order valence-electron chi connectivity index (χ1n) is 10.8. The zero-order chi connectivity index (χ0) is 24.0. The highest BCUT2D eigenvalue weighted by Crippen LogP contribution is 2.46. The molecule has 0 bridgehead atoms. The van der Waals surface area contributed by atoms with E-state index in [9.17, 15) is 23.1 Å². The average molecular weight is 461 g/mol. The van der Waals surface area contributed by atoms with Crippen molar-refractivity contribution >= 4 is 28.6 Å². The lowest BCUT2D eigenvalue weighted by Crippen LogP contribution is -2.29. The second-order valence-corrected chi connectivity index (χ2v) is 9.58. The van der Waals surface area contributed by atoms with Gasteiger partial charge in [0.1, 0.15) is 5.75 Å². The Morgan fingerprint density at radius 1 is 1.18 bits per heavy atom. The Bertz CT molecular complexity index is 1170. The van der Waals surface area contributed by atoms with Gasteiger partial charge in [-0.25, -0.2) is 9.78 Å². The number of imidazole rings is 1. The lowest BCUT2D eigenvalue weighted by molar-refractivity contribution is -0.274. The monoisotopic (exact) mass is 461 g/mol. The van der Waals surface area contributed by atoms with Crippen LogP contribution in [0.1, 0.15) is 56.4 Å². The lowest BCUT2D eigenvalue weighted by atomic mass is 9.70. The molecule has 1 unspecified atom stereocenters. The van der Waals surface area contributed by atoms with Gasteiger partial charge in [0, 0.05) is 11.7 Å². The van der Waals surface area contributed by atoms with Crippen LogP contribution < -0.4 is 10.1 Å². The van der Waals surface area contributed by atoms with Gasteiger partial charge in [-0.1, -0.05) is 20.8 Å². The van der Waals surface area contributed by atoms with Gasteiger partial charge >= 0.3 is 12.3 Å². The van der Waals surface area contributed by atoms with Crippen LogP contribution in [0.2, 0.25) is 0 Å². The number of carboxylic acids is 1. The van der Waals surface area contributed by atoms with Crippen LogP contribution in [0.25, 0.3) is 11.0 Å². The van der Waals surface area contributed by atoms with E-state index >= 15 is 0 Å². The van der Waals surface area contributed by atoms with Crippen molar-refractivity contribution in [3.63, 3.8) is 0 Å². The van der Waals surface area contributed by atoms with Crippen molar-refractivity contribution in [2.75, 3.05) is 5.32 Å². The van der Waals surface area contributed by atoms with Crippen LogP contribution in [-0.2, 0) is 0 Å². The number of fused-ring (bicyclic) bond motifs is 1. The molecule has 0 aliphatic heterocycles. The number of nitrogens with zero attached hydrogens (tertiary/aromatic N) is 2. The Balaban J connectivity index is 1.74. The number of carboxylic acid groups (broad SMARTS) is 1. The van der Waals surface area contributed by atoms with E-state index in [1.165, 1.54) is 30.3 Å². The Morgan fingerprint density at radius 2 is 1.88 bits per heavy atom. The molecule has 1 aromatic heterocycles. The Morgan fingerprint density at radius 3 is 2.48 bits per heavy atom. The number of nitrogens with one attached hydrogen (secondary N) is 1. The quantitative estimate of drug-likeness (QED) is 0.439. The summed E-state index contributed by atoms with van der Waals surface area (Å²) in [5.41, 5.74) is 2.19. The van der Waals surface area contributed by atoms with Crippen LogP contribution in [0.5, 0.6) is 5.75 Å². The van der Waals surface area contributed by atoms with Gasteiger partial charge in [-0.3, -0.25) is 0 Å². The molecular weight excluding hydrogens is 435 g/mol. The Kier molecular flexibility index (Phi) is 5.76. The molecule has 0 spiro atoms. The first-order chi connectivity index (χ1) is 15.4. The van der Waals surface area contributed by atoms with Crippen LogP contribution >= 0.6 is 0 Å². The molecule has 0 saturated heterocycles. The van der Waals surface area contributed by atoms with Crippen LogP contribution in [0.3, 0.4) is 0 Å². The van der Waals surface area contributed by atoms with Crippen LogP contribution in [0.15, 0.2) is 42.5 Å². The number of aromatic nitrogens is 2. The summed E-state index contributed by atoms with van der Waals surface area (Å²) in [6, 6.07) is 10.4. The highest BCUT2D eigenvalue weighted by molar-refractivity contribution is 5.93. The summed E-state index contributed by atoms with van der Waals surface area (Å²) >= 11 is 0. The van der Waals surface area contributed by atoms with Crippen molar-refractivity contribution in [3.8, 4) is 5.75 Å². The fourth-order valence-electron chi connectivity index (χ4n) is 5.05. The number of ether oxygens (including phenoxy) is 1. The number of anilines is 2. The van der Waals surface area contributed by atoms with Gasteiger partial charge in [0.05, 0.1) is 16.6 Å². The molecule has 4 rings (SSSR count). The smallest absolute Gasteiger partial charge is 0.478 e. The van der Waals surface area contributed by atoms with Gasteiger partial charge in [-0.15, -0.1) is 13.2 Å². The summed E-state index contributed by atoms with van der Waals surface area (Å²) in [6.07, 6.45) is -1.85. The molecule has 0 radical (unpaired) electrons. The van der Waals surface area contributed by atoms with Gasteiger partial charge in [0.25, 0.3) is 0 Å². The minimum atomic E-state index is -4.75. The number of hydrogen-bond acceptors (Lipinski definition) is 4.